The number of fused-ring (bicyclic) bond motifs is 1. The van der Waals surface area contributed by atoms with Crippen LogP contribution in [0.4, 0.5) is 0 Å². The third-order valence-electron chi connectivity index (χ3n) is 3.60. The van der Waals surface area contributed by atoms with Gasteiger partial charge in [0.25, 0.3) is 5.89 Å². The van der Waals surface area contributed by atoms with E-state index in [1.54, 1.807) is 18.2 Å². The average Bonchev–Trinajstić information content (AvgIpc) is 3.15. The molecule has 1 atom stereocenters. The van der Waals surface area contributed by atoms with Crippen molar-refractivity contribution in [3.8, 4) is 23.0 Å². The first-order chi connectivity index (χ1) is 12.3. The normalized spacial score (nSPS) is 15.6. The molecule has 2 heterocycles. The second-order valence-electron chi connectivity index (χ2n) is 5.34. The molecule has 0 unspecified atom stereocenters. The lowest BCUT2D eigenvalue weighted by Gasteiger charge is -2.24. The second kappa shape index (κ2) is 6.64. The third-order valence-corrected chi connectivity index (χ3v) is 3.60. The summed E-state index contributed by atoms with van der Waals surface area (Å²) < 4.78 is 21.8. The number of ether oxygens (including phenoxy) is 3. The molecule has 0 saturated carbocycles. The van der Waals surface area contributed by atoms with E-state index in [-0.39, 0.29) is 19.1 Å². The smallest absolute Gasteiger partial charge is 0.351 e. The predicted molar refractivity (Wildman–Crippen MR) is 85.9 cm³/mol. The summed E-state index contributed by atoms with van der Waals surface area (Å²) in [5.41, 5.74) is 0.799. The van der Waals surface area contributed by atoms with Gasteiger partial charge < -0.3 is 18.6 Å². The first-order valence-electron chi connectivity index (χ1n) is 7.72. The summed E-state index contributed by atoms with van der Waals surface area (Å²) in [7, 11) is 0. The van der Waals surface area contributed by atoms with Crippen LogP contribution in [0.3, 0.4) is 0 Å². The highest BCUT2D eigenvalue weighted by Crippen LogP contribution is 2.31. The van der Waals surface area contributed by atoms with Gasteiger partial charge in [0.2, 0.25) is 12.0 Å². The zero-order chi connectivity index (χ0) is 17.1. The van der Waals surface area contributed by atoms with Crippen LogP contribution < -0.4 is 9.47 Å². The van der Waals surface area contributed by atoms with Gasteiger partial charge >= 0.3 is 5.97 Å². The first kappa shape index (κ1) is 15.2. The molecule has 7 nitrogen and oxygen atoms in total. The van der Waals surface area contributed by atoms with E-state index in [1.807, 2.05) is 36.4 Å². The summed E-state index contributed by atoms with van der Waals surface area (Å²) in [6.45, 7) is -0.0326. The van der Waals surface area contributed by atoms with Crippen LogP contribution in [0.15, 0.2) is 59.0 Å². The Labute approximate surface area is 143 Å². The molecule has 25 heavy (non-hydrogen) atoms. The van der Waals surface area contributed by atoms with E-state index in [0.717, 1.165) is 5.56 Å². The van der Waals surface area contributed by atoms with Crippen LogP contribution in [0.25, 0.3) is 11.5 Å². The molecule has 0 aliphatic carbocycles. The van der Waals surface area contributed by atoms with Gasteiger partial charge in [-0.2, -0.15) is 0 Å². The van der Waals surface area contributed by atoms with Crippen LogP contribution in [-0.4, -0.2) is 28.9 Å². The summed E-state index contributed by atoms with van der Waals surface area (Å²) in [5, 5.41) is 7.82. The molecule has 0 N–H and O–H groups in total. The lowest BCUT2D eigenvalue weighted by Crippen LogP contribution is -2.37. The summed E-state index contributed by atoms with van der Waals surface area (Å²) in [5.74, 6) is 1.16. The molecule has 0 amide bonds. The Kier molecular flexibility index (Phi) is 4.04. The van der Waals surface area contributed by atoms with E-state index in [0.29, 0.717) is 17.4 Å². The SMILES string of the molecule is O=C(OCc1nnc(-c2ccccc2)o1)[C@@H]1COc2ccccc2O1. The average molecular weight is 338 g/mol. The van der Waals surface area contributed by atoms with Crippen molar-refractivity contribution in [2.24, 2.45) is 0 Å². The molecule has 1 aliphatic heterocycles. The number of benzene rings is 2. The maximum atomic E-state index is 12.1. The maximum absolute atomic E-state index is 12.1. The molecular weight excluding hydrogens is 324 g/mol. The van der Waals surface area contributed by atoms with Crippen LogP contribution in [-0.2, 0) is 16.1 Å². The number of rotatable bonds is 4. The van der Waals surface area contributed by atoms with E-state index in [2.05, 4.69) is 10.2 Å². The van der Waals surface area contributed by atoms with Crippen LogP contribution in [0, 0.1) is 0 Å². The van der Waals surface area contributed by atoms with Gasteiger partial charge in [0.05, 0.1) is 0 Å². The van der Waals surface area contributed by atoms with Gasteiger partial charge in [-0.1, -0.05) is 30.3 Å². The van der Waals surface area contributed by atoms with Gasteiger partial charge in [0, 0.05) is 5.56 Å². The Morgan fingerprint density at radius 1 is 1.04 bits per heavy atom. The van der Waals surface area contributed by atoms with Gasteiger partial charge in [-0.3, -0.25) is 0 Å². The minimum absolute atomic E-state index is 0.0922. The standard InChI is InChI=1S/C18H14N2O5/c21-18(15-10-22-13-8-4-5-9-14(13)24-15)23-11-16-19-20-17(25-16)12-6-2-1-3-7-12/h1-9,15H,10-11H2/t15-/m0/s1. The number of esters is 1. The number of aromatic nitrogens is 2. The number of carbonyl (C=O) groups excluding carboxylic acids is 1. The molecule has 4 rings (SSSR count). The van der Waals surface area contributed by atoms with E-state index < -0.39 is 12.1 Å². The van der Waals surface area contributed by atoms with E-state index in [9.17, 15) is 4.79 Å². The lowest BCUT2D eigenvalue weighted by molar-refractivity contribution is -0.156. The Balaban J connectivity index is 1.36. The number of para-hydroxylation sites is 2. The van der Waals surface area contributed by atoms with Crippen molar-refractivity contribution in [1.82, 2.24) is 10.2 Å². The summed E-state index contributed by atoms with van der Waals surface area (Å²) in [6.07, 6.45) is -0.827. The zero-order valence-electron chi connectivity index (χ0n) is 13.1. The monoisotopic (exact) mass is 338 g/mol. The van der Waals surface area contributed by atoms with E-state index in [4.69, 9.17) is 18.6 Å². The molecule has 2 aromatic carbocycles. The number of hydrogen-bond acceptors (Lipinski definition) is 7. The molecule has 1 aromatic heterocycles. The van der Waals surface area contributed by atoms with Gasteiger partial charge in [0.15, 0.2) is 18.1 Å². The molecule has 0 fully saturated rings. The van der Waals surface area contributed by atoms with Crippen LogP contribution >= 0.6 is 0 Å². The fraction of sp³-hybridized carbons (Fsp3) is 0.167. The topological polar surface area (TPSA) is 83.7 Å². The minimum atomic E-state index is -0.827. The highest BCUT2D eigenvalue weighted by atomic mass is 16.6. The van der Waals surface area contributed by atoms with Crippen molar-refractivity contribution in [1.29, 1.82) is 0 Å². The Hall–Kier alpha value is -3.35. The van der Waals surface area contributed by atoms with Gasteiger partial charge in [-0.05, 0) is 24.3 Å². The molecule has 0 bridgehead atoms. The summed E-state index contributed by atoms with van der Waals surface area (Å²) in [4.78, 5) is 12.1. The van der Waals surface area contributed by atoms with Crippen LogP contribution in [0.5, 0.6) is 11.5 Å². The molecular formula is C18H14N2O5. The maximum Gasteiger partial charge on any atom is 0.351 e. The Morgan fingerprint density at radius 2 is 1.80 bits per heavy atom. The van der Waals surface area contributed by atoms with Crippen molar-refractivity contribution >= 4 is 5.97 Å². The third kappa shape index (κ3) is 3.30. The fourth-order valence-corrected chi connectivity index (χ4v) is 2.37. The van der Waals surface area contributed by atoms with Crippen LogP contribution in [0.1, 0.15) is 5.89 Å². The molecule has 3 aromatic rings. The lowest BCUT2D eigenvalue weighted by atomic mass is 10.2. The largest absolute Gasteiger partial charge is 0.485 e. The van der Waals surface area contributed by atoms with Crippen molar-refractivity contribution < 1.29 is 23.4 Å². The summed E-state index contributed by atoms with van der Waals surface area (Å²) >= 11 is 0. The molecule has 126 valence electrons. The zero-order valence-corrected chi connectivity index (χ0v) is 13.1. The quantitative estimate of drug-likeness (QED) is 0.676. The van der Waals surface area contributed by atoms with E-state index >= 15 is 0 Å². The minimum Gasteiger partial charge on any atom is -0.485 e. The fourth-order valence-electron chi connectivity index (χ4n) is 2.37. The molecule has 0 radical (unpaired) electrons. The first-order valence-corrected chi connectivity index (χ1v) is 7.72. The van der Waals surface area contributed by atoms with Crippen molar-refractivity contribution in [2.45, 2.75) is 12.7 Å². The highest BCUT2D eigenvalue weighted by Gasteiger charge is 2.29. The van der Waals surface area contributed by atoms with Crippen LogP contribution in [0.2, 0.25) is 0 Å². The Morgan fingerprint density at radius 3 is 2.64 bits per heavy atom. The Bertz CT molecular complexity index is 878. The predicted octanol–water partition coefficient (Wildman–Crippen LogP) is 2.62. The van der Waals surface area contributed by atoms with Gasteiger partial charge in [-0.25, -0.2) is 4.79 Å². The van der Waals surface area contributed by atoms with Crippen molar-refractivity contribution in [3.63, 3.8) is 0 Å². The number of carbonyl (C=O) groups is 1. The summed E-state index contributed by atoms with van der Waals surface area (Å²) in [6, 6.07) is 16.5. The van der Waals surface area contributed by atoms with Crippen molar-refractivity contribution in [2.75, 3.05) is 6.61 Å². The number of nitrogens with zero attached hydrogens (tertiary/aromatic N) is 2. The molecule has 0 saturated heterocycles. The van der Waals surface area contributed by atoms with Gasteiger partial charge in [-0.15, -0.1) is 10.2 Å². The number of hydrogen-bond donors (Lipinski definition) is 0. The molecule has 0 spiro atoms. The van der Waals surface area contributed by atoms with E-state index in [1.165, 1.54) is 0 Å². The molecule has 7 heteroatoms. The van der Waals surface area contributed by atoms with Gasteiger partial charge in [0.1, 0.15) is 6.61 Å². The molecule has 1 aliphatic rings. The van der Waals surface area contributed by atoms with Crippen molar-refractivity contribution in [3.05, 3.63) is 60.5 Å². The second-order valence-corrected chi connectivity index (χ2v) is 5.34. The highest BCUT2D eigenvalue weighted by molar-refractivity contribution is 5.75.